The van der Waals surface area contributed by atoms with Crippen molar-refractivity contribution in [2.75, 3.05) is 39.6 Å². The van der Waals surface area contributed by atoms with Crippen molar-refractivity contribution >= 4 is 39.5 Å². The Morgan fingerprint density at radius 3 is 0.807 bits per heavy atom. The van der Waals surface area contributed by atoms with Gasteiger partial charge in [0.1, 0.15) is 19.3 Å². The van der Waals surface area contributed by atoms with E-state index in [0.29, 0.717) is 31.6 Å². The summed E-state index contributed by atoms with van der Waals surface area (Å²) in [6, 6.07) is 0. The molecule has 19 heteroatoms. The van der Waals surface area contributed by atoms with E-state index in [4.69, 9.17) is 37.0 Å². The molecule has 0 aromatic rings. The molecular weight excluding hydrogens is 1160 g/mol. The Bertz CT molecular complexity index is 1750. The van der Waals surface area contributed by atoms with E-state index in [1.165, 1.54) is 141 Å². The second kappa shape index (κ2) is 58.8. The van der Waals surface area contributed by atoms with Crippen LogP contribution in [-0.2, 0) is 65.4 Å². The van der Waals surface area contributed by atoms with Crippen molar-refractivity contribution in [3.8, 4) is 0 Å². The third-order valence-corrected chi connectivity index (χ3v) is 18.1. The number of carbonyl (C=O) groups excluding carboxylic acids is 4. The number of hydrogen-bond acceptors (Lipinski definition) is 15. The molecule has 3 N–H and O–H groups in total. The SMILES string of the molecule is CCC(C)CCCCCCCCCCCCC(=O)O[C@H](COC(=O)CCCCCCCCCCC(C)C)COP(=O)(O)OCC(O)COP(=O)(O)OC[C@@H](COC(=O)CCCCCCCCCCCCCC(C)C)OC(=O)CCCCCCCCC(C)C. The Labute approximate surface area is 537 Å². The lowest BCUT2D eigenvalue weighted by Crippen LogP contribution is -2.30. The molecule has 0 aliphatic carbocycles. The fraction of sp³-hybridized carbons (Fsp3) is 0.942. The van der Waals surface area contributed by atoms with Gasteiger partial charge in [-0.25, -0.2) is 9.13 Å². The van der Waals surface area contributed by atoms with Gasteiger partial charge in [-0.2, -0.15) is 0 Å². The van der Waals surface area contributed by atoms with E-state index < -0.39 is 97.5 Å². The van der Waals surface area contributed by atoms with Crippen LogP contribution in [0.2, 0.25) is 0 Å². The maximum atomic E-state index is 13.0. The molecule has 0 rings (SSSR count). The maximum Gasteiger partial charge on any atom is 0.472 e. The second-order valence-electron chi connectivity index (χ2n) is 26.6. The summed E-state index contributed by atoms with van der Waals surface area (Å²) in [7, 11) is -9.90. The number of aliphatic hydroxyl groups is 1. The van der Waals surface area contributed by atoms with Crippen molar-refractivity contribution in [3.05, 3.63) is 0 Å². The molecule has 0 radical (unpaired) electrons. The third-order valence-electron chi connectivity index (χ3n) is 16.2. The minimum atomic E-state index is -4.95. The number of unbranched alkanes of at least 4 members (excludes halogenated alkanes) is 31. The predicted octanol–water partition coefficient (Wildman–Crippen LogP) is 19.3. The van der Waals surface area contributed by atoms with E-state index in [0.717, 1.165) is 108 Å². The highest BCUT2D eigenvalue weighted by Crippen LogP contribution is 2.45. The van der Waals surface area contributed by atoms with Gasteiger partial charge in [0.15, 0.2) is 12.2 Å². The van der Waals surface area contributed by atoms with Crippen LogP contribution in [0, 0.1) is 23.7 Å². The van der Waals surface area contributed by atoms with Crippen molar-refractivity contribution in [2.45, 2.75) is 356 Å². The molecule has 0 aromatic heterocycles. The molecule has 0 aliphatic rings. The monoisotopic (exact) mass is 1300 g/mol. The molecule has 88 heavy (non-hydrogen) atoms. The highest BCUT2D eigenvalue weighted by molar-refractivity contribution is 7.47. The second-order valence-corrected chi connectivity index (χ2v) is 29.5. The van der Waals surface area contributed by atoms with Gasteiger partial charge in [0, 0.05) is 25.7 Å². The largest absolute Gasteiger partial charge is 0.472 e. The number of phosphoric acid groups is 2. The van der Waals surface area contributed by atoms with E-state index in [9.17, 15) is 43.2 Å². The average molecular weight is 1300 g/mol. The molecule has 0 saturated carbocycles. The van der Waals surface area contributed by atoms with E-state index in [-0.39, 0.29) is 25.7 Å². The van der Waals surface area contributed by atoms with Crippen molar-refractivity contribution in [3.63, 3.8) is 0 Å². The number of phosphoric ester groups is 2. The standard InChI is InChI=1S/C69H134O17P2/c1-9-62(8)48-40-32-23-16-13-14-18-26-35-43-51-68(73)85-64(55-80-67(72)50-42-34-25-20-19-22-30-38-46-60(4)5)57-83-87(75,76)81-53-63(70)54-82-88(77,78)84-58-65(86-69(74)52-44-36-28-27-31-39-47-61(6)7)56-79-66(71)49-41-33-24-17-12-10-11-15-21-29-37-45-59(2)3/h59-65,70H,9-58H2,1-8H3,(H,75,76)(H,77,78)/t62?,63?,64-,65-/m1/s1. The van der Waals surface area contributed by atoms with Crippen LogP contribution >= 0.6 is 15.6 Å². The first-order chi connectivity index (χ1) is 42.1. The number of rotatable bonds is 66. The Kier molecular flexibility index (Phi) is 57.6. The minimum Gasteiger partial charge on any atom is -0.462 e. The molecular formula is C69H134O17P2. The molecule has 0 bridgehead atoms. The first kappa shape index (κ1) is 86.1. The molecule has 0 fully saturated rings. The molecule has 6 atom stereocenters. The number of esters is 4. The lowest BCUT2D eigenvalue weighted by atomic mass is 9.99. The van der Waals surface area contributed by atoms with Gasteiger partial charge in [-0.3, -0.25) is 37.3 Å². The lowest BCUT2D eigenvalue weighted by Gasteiger charge is -2.21. The Hall–Kier alpha value is -1.94. The zero-order valence-electron chi connectivity index (χ0n) is 57.3. The van der Waals surface area contributed by atoms with Crippen molar-refractivity contribution < 1.29 is 80.2 Å². The van der Waals surface area contributed by atoms with Crippen molar-refractivity contribution in [1.82, 2.24) is 0 Å². The van der Waals surface area contributed by atoms with Gasteiger partial charge >= 0.3 is 39.5 Å². The summed E-state index contributed by atoms with van der Waals surface area (Å²) in [6.07, 6.45) is 40.4. The molecule has 0 aliphatic heterocycles. The average Bonchev–Trinajstić information content (AvgIpc) is 3.52. The minimum absolute atomic E-state index is 0.101. The fourth-order valence-electron chi connectivity index (χ4n) is 10.3. The van der Waals surface area contributed by atoms with Gasteiger partial charge in [-0.1, -0.05) is 287 Å². The van der Waals surface area contributed by atoms with Crippen LogP contribution < -0.4 is 0 Å². The fourth-order valence-corrected chi connectivity index (χ4v) is 11.9. The summed E-state index contributed by atoms with van der Waals surface area (Å²) in [5.74, 6) is 0.835. The lowest BCUT2D eigenvalue weighted by molar-refractivity contribution is -0.161. The number of ether oxygens (including phenoxy) is 4. The summed E-state index contributed by atoms with van der Waals surface area (Å²) in [4.78, 5) is 72.4. The highest BCUT2D eigenvalue weighted by atomic mass is 31.2. The first-order valence-electron chi connectivity index (χ1n) is 35.7. The summed E-state index contributed by atoms with van der Waals surface area (Å²) in [6.45, 7) is 14.0. The molecule has 0 heterocycles. The Morgan fingerprint density at radius 2 is 0.545 bits per heavy atom. The van der Waals surface area contributed by atoms with Gasteiger partial charge < -0.3 is 33.8 Å². The molecule has 0 saturated heterocycles. The molecule has 0 amide bonds. The molecule has 4 unspecified atom stereocenters. The molecule has 522 valence electrons. The van der Waals surface area contributed by atoms with Crippen molar-refractivity contribution in [2.24, 2.45) is 23.7 Å². The van der Waals surface area contributed by atoms with Gasteiger partial charge in [0.05, 0.1) is 26.4 Å². The van der Waals surface area contributed by atoms with Crippen LogP contribution in [0.3, 0.4) is 0 Å². The maximum absolute atomic E-state index is 13.0. The summed E-state index contributed by atoms with van der Waals surface area (Å²) < 4.78 is 68.2. The van der Waals surface area contributed by atoms with Crippen molar-refractivity contribution in [1.29, 1.82) is 0 Å². The van der Waals surface area contributed by atoms with Crippen LogP contribution in [0.15, 0.2) is 0 Å². The van der Waals surface area contributed by atoms with Gasteiger partial charge in [-0.05, 0) is 49.4 Å². The van der Waals surface area contributed by atoms with Crippen LogP contribution in [0.5, 0.6) is 0 Å². The molecule has 0 spiro atoms. The number of hydrogen-bond donors (Lipinski definition) is 3. The topological polar surface area (TPSA) is 237 Å². The normalized spacial score (nSPS) is 14.6. The molecule has 0 aromatic carbocycles. The van der Waals surface area contributed by atoms with E-state index in [2.05, 4.69) is 55.4 Å². The quantitative estimate of drug-likeness (QED) is 0.0222. The Morgan fingerprint density at radius 1 is 0.318 bits per heavy atom. The highest BCUT2D eigenvalue weighted by Gasteiger charge is 2.30. The number of carbonyl (C=O) groups is 4. The van der Waals surface area contributed by atoms with E-state index >= 15 is 0 Å². The molecule has 17 nitrogen and oxygen atoms in total. The van der Waals surface area contributed by atoms with Crippen LogP contribution in [0.25, 0.3) is 0 Å². The van der Waals surface area contributed by atoms with E-state index in [1.807, 2.05) is 0 Å². The smallest absolute Gasteiger partial charge is 0.462 e. The zero-order chi connectivity index (χ0) is 65.4. The Balaban J connectivity index is 5.23. The van der Waals surface area contributed by atoms with Gasteiger partial charge in [-0.15, -0.1) is 0 Å². The van der Waals surface area contributed by atoms with Gasteiger partial charge in [0.25, 0.3) is 0 Å². The van der Waals surface area contributed by atoms with Gasteiger partial charge in [0.2, 0.25) is 0 Å². The van der Waals surface area contributed by atoms with Crippen LogP contribution in [0.1, 0.15) is 338 Å². The first-order valence-corrected chi connectivity index (χ1v) is 38.7. The summed E-state index contributed by atoms with van der Waals surface area (Å²) in [5, 5.41) is 10.6. The predicted molar refractivity (Wildman–Crippen MR) is 354 cm³/mol. The zero-order valence-corrected chi connectivity index (χ0v) is 59.1. The number of aliphatic hydroxyl groups excluding tert-OH is 1. The summed E-state index contributed by atoms with van der Waals surface area (Å²) in [5.41, 5.74) is 0. The van der Waals surface area contributed by atoms with E-state index in [1.54, 1.807) is 0 Å². The van der Waals surface area contributed by atoms with Crippen LogP contribution in [-0.4, -0.2) is 96.7 Å². The third kappa shape index (κ3) is 61.6. The summed E-state index contributed by atoms with van der Waals surface area (Å²) >= 11 is 0. The van der Waals surface area contributed by atoms with Crippen LogP contribution in [0.4, 0.5) is 0 Å².